The molecule has 1 aliphatic rings. The van der Waals surface area contributed by atoms with Crippen molar-refractivity contribution >= 4 is 17.7 Å². The Bertz CT molecular complexity index is 826. The van der Waals surface area contributed by atoms with Crippen molar-refractivity contribution in [2.75, 3.05) is 50.7 Å². The summed E-state index contributed by atoms with van der Waals surface area (Å²) in [4.78, 5) is 27.2. The molecule has 10 heteroatoms. The number of ether oxygens (including phenoxy) is 3. The van der Waals surface area contributed by atoms with Gasteiger partial charge >= 0.3 is 12.0 Å². The molecule has 2 heterocycles. The fourth-order valence-electron chi connectivity index (χ4n) is 2.69. The number of rotatable bonds is 6. The van der Waals surface area contributed by atoms with E-state index in [9.17, 15) is 4.79 Å². The molecule has 1 aliphatic heterocycles. The monoisotopic (exact) mass is 388 g/mol. The highest BCUT2D eigenvalue weighted by molar-refractivity contribution is 5.90. The number of aromatic nitrogens is 3. The van der Waals surface area contributed by atoms with Crippen molar-refractivity contribution in [2.45, 2.75) is 13.5 Å². The van der Waals surface area contributed by atoms with E-state index in [1.165, 1.54) is 7.11 Å². The molecule has 0 bridgehead atoms. The number of amides is 2. The number of carbonyl (C=O) groups excluding carboxylic acids is 1. The lowest BCUT2D eigenvalue weighted by Gasteiger charge is -2.26. The van der Waals surface area contributed by atoms with Gasteiger partial charge in [0.25, 0.3) is 0 Å². The van der Waals surface area contributed by atoms with Gasteiger partial charge in [0.1, 0.15) is 5.75 Å². The molecule has 0 radical (unpaired) electrons. The summed E-state index contributed by atoms with van der Waals surface area (Å²) >= 11 is 0. The van der Waals surface area contributed by atoms with Crippen molar-refractivity contribution in [2.24, 2.45) is 0 Å². The number of methoxy groups -OCH3 is 2. The number of morpholine rings is 1. The van der Waals surface area contributed by atoms with Crippen LogP contribution in [0.25, 0.3) is 0 Å². The summed E-state index contributed by atoms with van der Waals surface area (Å²) < 4.78 is 15.7. The summed E-state index contributed by atoms with van der Waals surface area (Å²) in [6.45, 7) is 4.64. The fourth-order valence-corrected chi connectivity index (χ4v) is 2.69. The maximum absolute atomic E-state index is 12.3. The van der Waals surface area contributed by atoms with Crippen LogP contribution in [0.1, 0.15) is 11.4 Å². The second kappa shape index (κ2) is 9.18. The van der Waals surface area contributed by atoms with Gasteiger partial charge in [0.15, 0.2) is 5.82 Å². The molecule has 150 valence electrons. The van der Waals surface area contributed by atoms with Gasteiger partial charge in [0.2, 0.25) is 5.95 Å². The molecular formula is C18H24N6O4. The molecule has 1 aromatic heterocycles. The van der Waals surface area contributed by atoms with E-state index >= 15 is 0 Å². The minimum Gasteiger partial charge on any atom is -0.497 e. The van der Waals surface area contributed by atoms with Gasteiger partial charge in [-0.25, -0.2) is 4.79 Å². The van der Waals surface area contributed by atoms with Crippen molar-refractivity contribution in [3.8, 4) is 11.8 Å². The van der Waals surface area contributed by atoms with Crippen molar-refractivity contribution < 1.29 is 19.0 Å². The highest BCUT2D eigenvalue weighted by Crippen LogP contribution is 2.21. The predicted molar refractivity (Wildman–Crippen MR) is 103 cm³/mol. The maximum atomic E-state index is 12.3. The normalized spacial score (nSPS) is 13.8. The first-order chi connectivity index (χ1) is 13.6. The number of benzene rings is 1. The molecule has 1 aromatic carbocycles. The van der Waals surface area contributed by atoms with Gasteiger partial charge < -0.3 is 29.7 Å². The van der Waals surface area contributed by atoms with Gasteiger partial charge in [0.05, 0.1) is 34.0 Å². The smallest absolute Gasteiger partial charge is 0.321 e. The minimum atomic E-state index is -0.361. The Hall–Kier alpha value is -3.14. The van der Waals surface area contributed by atoms with Crippen LogP contribution in [0.4, 0.5) is 16.4 Å². The fraction of sp³-hybridized carbons (Fsp3) is 0.444. The molecule has 0 spiro atoms. The van der Waals surface area contributed by atoms with E-state index < -0.39 is 0 Å². The molecule has 0 atom stereocenters. The van der Waals surface area contributed by atoms with Gasteiger partial charge in [0, 0.05) is 18.8 Å². The average Bonchev–Trinajstić information content (AvgIpc) is 2.74. The first kappa shape index (κ1) is 19.6. The number of hydrogen-bond acceptors (Lipinski definition) is 8. The summed E-state index contributed by atoms with van der Waals surface area (Å²) in [5.74, 6) is 1.66. The number of carbonyl (C=O) groups is 1. The lowest BCUT2D eigenvalue weighted by Crippen LogP contribution is -2.38. The number of anilines is 2. The molecule has 28 heavy (non-hydrogen) atoms. The van der Waals surface area contributed by atoms with Crippen molar-refractivity contribution in [1.82, 2.24) is 20.3 Å². The lowest BCUT2D eigenvalue weighted by atomic mass is 10.2. The van der Waals surface area contributed by atoms with E-state index in [4.69, 9.17) is 14.2 Å². The summed E-state index contributed by atoms with van der Waals surface area (Å²) in [5.41, 5.74) is 1.59. The minimum absolute atomic E-state index is 0.136. The van der Waals surface area contributed by atoms with E-state index in [0.717, 1.165) is 11.3 Å². The van der Waals surface area contributed by atoms with E-state index in [0.29, 0.717) is 43.8 Å². The van der Waals surface area contributed by atoms with Crippen LogP contribution in [-0.2, 0) is 11.3 Å². The third-order valence-electron chi connectivity index (χ3n) is 4.21. The molecule has 3 rings (SSSR count). The number of nitrogens with one attached hydrogen (secondary N) is 2. The second-order valence-corrected chi connectivity index (χ2v) is 6.13. The first-order valence-corrected chi connectivity index (χ1v) is 8.90. The highest BCUT2D eigenvalue weighted by Gasteiger charge is 2.17. The van der Waals surface area contributed by atoms with Crippen LogP contribution >= 0.6 is 0 Å². The van der Waals surface area contributed by atoms with Crippen LogP contribution in [0.3, 0.4) is 0 Å². The van der Waals surface area contributed by atoms with E-state index in [-0.39, 0.29) is 18.6 Å². The van der Waals surface area contributed by atoms with Crippen LogP contribution in [0.5, 0.6) is 11.8 Å². The van der Waals surface area contributed by atoms with Crippen LogP contribution in [0.15, 0.2) is 18.2 Å². The molecule has 0 saturated carbocycles. The molecule has 1 fully saturated rings. The van der Waals surface area contributed by atoms with Crippen molar-refractivity contribution in [3.63, 3.8) is 0 Å². The SMILES string of the molecule is COc1ccc(NC(=O)NCc2nc(OC)nc(N3CCOCC3)n2)c(C)c1. The van der Waals surface area contributed by atoms with Crippen LogP contribution in [0, 0.1) is 6.92 Å². The number of nitrogens with zero attached hydrogens (tertiary/aromatic N) is 4. The molecule has 2 N–H and O–H groups in total. The summed E-state index contributed by atoms with van der Waals surface area (Å²) in [6.07, 6.45) is 0. The zero-order chi connectivity index (χ0) is 19.9. The van der Waals surface area contributed by atoms with Crippen molar-refractivity contribution in [1.29, 1.82) is 0 Å². The standard InChI is InChI=1S/C18H24N6O4/c1-12-10-13(26-2)4-5-14(12)20-17(25)19-11-15-21-16(23-18(22-15)27-3)24-6-8-28-9-7-24/h4-5,10H,6-9,11H2,1-3H3,(H2,19,20,25). The summed E-state index contributed by atoms with van der Waals surface area (Å²) in [6, 6.07) is 5.27. The zero-order valence-corrected chi connectivity index (χ0v) is 16.2. The van der Waals surface area contributed by atoms with Gasteiger partial charge in [-0.3, -0.25) is 0 Å². The lowest BCUT2D eigenvalue weighted by molar-refractivity contribution is 0.122. The number of aryl methyl sites for hydroxylation is 1. The molecule has 10 nitrogen and oxygen atoms in total. The molecular weight excluding hydrogens is 364 g/mol. The summed E-state index contributed by atoms with van der Waals surface area (Å²) in [7, 11) is 3.09. The molecule has 1 saturated heterocycles. The van der Waals surface area contributed by atoms with E-state index in [1.807, 2.05) is 17.9 Å². The largest absolute Gasteiger partial charge is 0.497 e. The van der Waals surface area contributed by atoms with Gasteiger partial charge in [-0.1, -0.05) is 0 Å². The third-order valence-corrected chi connectivity index (χ3v) is 4.21. The van der Waals surface area contributed by atoms with Crippen molar-refractivity contribution in [3.05, 3.63) is 29.6 Å². The number of urea groups is 1. The molecule has 0 unspecified atom stereocenters. The van der Waals surface area contributed by atoms with Gasteiger partial charge in [-0.2, -0.15) is 15.0 Å². The first-order valence-electron chi connectivity index (χ1n) is 8.90. The molecule has 2 amide bonds. The van der Waals surface area contributed by atoms with Crippen LogP contribution in [0.2, 0.25) is 0 Å². The van der Waals surface area contributed by atoms with E-state index in [1.54, 1.807) is 19.2 Å². The molecule has 2 aromatic rings. The zero-order valence-electron chi connectivity index (χ0n) is 16.2. The Labute approximate surface area is 163 Å². The Balaban J connectivity index is 1.63. The molecule has 0 aliphatic carbocycles. The van der Waals surface area contributed by atoms with Crippen LogP contribution < -0.4 is 25.0 Å². The predicted octanol–water partition coefficient (Wildman–Crippen LogP) is 1.36. The van der Waals surface area contributed by atoms with Gasteiger partial charge in [-0.15, -0.1) is 0 Å². The van der Waals surface area contributed by atoms with Crippen LogP contribution in [-0.4, -0.2) is 61.5 Å². The Morgan fingerprint density at radius 3 is 2.64 bits per heavy atom. The Morgan fingerprint density at radius 2 is 1.96 bits per heavy atom. The highest BCUT2D eigenvalue weighted by atomic mass is 16.5. The second-order valence-electron chi connectivity index (χ2n) is 6.13. The third kappa shape index (κ3) is 4.97. The average molecular weight is 388 g/mol. The quantitative estimate of drug-likeness (QED) is 0.763. The number of hydrogen-bond donors (Lipinski definition) is 2. The topological polar surface area (TPSA) is 111 Å². The Morgan fingerprint density at radius 1 is 1.18 bits per heavy atom. The Kier molecular flexibility index (Phi) is 6.43. The van der Waals surface area contributed by atoms with Gasteiger partial charge in [-0.05, 0) is 30.7 Å². The van der Waals surface area contributed by atoms with E-state index in [2.05, 4.69) is 25.6 Å². The summed E-state index contributed by atoms with van der Waals surface area (Å²) in [5, 5.41) is 5.56. The maximum Gasteiger partial charge on any atom is 0.321 e.